The van der Waals surface area contributed by atoms with Gasteiger partial charge in [-0.1, -0.05) is 39.7 Å². The Morgan fingerprint density at radius 3 is 2.85 bits per heavy atom. The third-order valence-electron chi connectivity index (χ3n) is 5.16. The fourth-order valence-corrected chi connectivity index (χ4v) is 4.48. The molecule has 1 saturated carbocycles. The van der Waals surface area contributed by atoms with E-state index in [0.29, 0.717) is 0 Å². The van der Waals surface area contributed by atoms with Crippen LogP contribution in [-0.2, 0) is 6.54 Å². The molecule has 1 aromatic rings. The first kappa shape index (κ1) is 16.0. The monoisotopic (exact) mass is 294 g/mol. The Morgan fingerprint density at radius 2 is 2.30 bits per heavy atom. The zero-order valence-electron chi connectivity index (χ0n) is 13.3. The van der Waals surface area contributed by atoms with Crippen LogP contribution in [0.25, 0.3) is 0 Å². The topological polar surface area (TPSA) is 29.3 Å². The maximum absolute atomic E-state index is 6.27. The molecule has 1 heterocycles. The summed E-state index contributed by atoms with van der Waals surface area (Å²) >= 11 is 1.86. The Hall–Kier alpha value is -0.380. The Bertz CT molecular complexity index is 388. The van der Waals surface area contributed by atoms with Crippen molar-refractivity contribution in [3.63, 3.8) is 0 Å². The molecular weight excluding hydrogens is 264 g/mol. The average molecular weight is 295 g/mol. The van der Waals surface area contributed by atoms with Gasteiger partial charge < -0.3 is 5.73 Å². The predicted molar refractivity (Wildman–Crippen MR) is 89.0 cm³/mol. The van der Waals surface area contributed by atoms with Crippen LogP contribution >= 0.6 is 11.3 Å². The SMILES string of the molecule is CCN(Cc1cccs1)C1(CN)CCCC(C(C)C)C1. The van der Waals surface area contributed by atoms with Gasteiger partial charge in [0.15, 0.2) is 0 Å². The second-order valence-electron chi connectivity index (χ2n) is 6.62. The minimum Gasteiger partial charge on any atom is -0.329 e. The van der Waals surface area contributed by atoms with Crippen molar-refractivity contribution in [2.75, 3.05) is 13.1 Å². The highest BCUT2D eigenvalue weighted by Crippen LogP contribution is 2.40. The summed E-state index contributed by atoms with van der Waals surface area (Å²) in [6.07, 6.45) is 5.27. The molecule has 1 aliphatic rings. The predicted octanol–water partition coefficient (Wildman–Crippen LogP) is 4.11. The van der Waals surface area contributed by atoms with Gasteiger partial charge in [0.05, 0.1) is 0 Å². The van der Waals surface area contributed by atoms with Gasteiger partial charge in [0.1, 0.15) is 0 Å². The van der Waals surface area contributed by atoms with Crippen molar-refractivity contribution in [1.82, 2.24) is 4.90 Å². The lowest BCUT2D eigenvalue weighted by molar-refractivity contribution is 0.0237. The standard InChI is InChI=1S/C17H30N2S/c1-4-19(12-16-8-6-10-20-16)17(13-18)9-5-7-15(11-17)14(2)3/h6,8,10,14-15H,4-5,7,9,11-13,18H2,1-3H3. The molecule has 114 valence electrons. The smallest absolute Gasteiger partial charge is 0.0338 e. The minimum absolute atomic E-state index is 0.228. The molecule has 0 bridgehead atoms. The van der Waals surface area contributed by atoms with Crippen molar-refractivity contribution in [3.8, 4) is 0 Å². The van der Waals surface area contributed by atoms with Crippen molar-refractivity contribution in [2.45, 2.75) is 58.5 Å². The molecule has 1 aromatic heterocycles. The lowest BCUT2D eigenvalue weighted by Crippen LogP contribution is -2.56. The van der Waals surface area contributed by atoms with Gasteiger partial charge in [-0.15, -0.1) is 11.3 Å². The summed E-state index contributed by atoms with van der Waals surface area (Å²) in [5.74, 6) is 1.62. The van der Waals surface area contributed by atoms with Gasteiger partial charge in [0, 0.05) is 23.5 Å². The molecule has 0 radical (unpaired) electrons. The molecule has 0 aromatic carbocycles. The Labute approximate surface area is 128 Å². The minimum atomic E-state index is 0.228. The zero-order chi connectivity index (χ0) is 14.6. The zero-order valence-corrected chi connectivity index (χ0v) is 14.1. The van der Waals surface area contributed by atoms with Crippen LogP contribution in [0.15, 0.2) is 17.5 Å². The summed E-state index contributed by atoms with van der Waals surface area (Å²) in [5, 5.41) is 2.18. The number of likely N-dealkylation sites (N-methyl/N-ethyl adjacent to an activating group) is 1. The molecule has 2 unspecified atom stereocenters. The van der Waals surface area contributed by atoms with Gasteiger partial charge in [0.25, 0.3) is 0 Å². The van der Waals surface area contributed by atoms with E-state index in [4.69, 9.17) is 5.73 Å². The van der Waals surface area contributed by atoms with Crippen LogP contribution in [0.5, 0.6) is 0 Å². The van der Waals surface area contributed by atoms with Gasteiger partial charge >= 0.3 is 0 Å². The van der Waals surface area contributed by atoms with E-state index in [1.807, 2.05) is 11.3 Å². The number of rotatable bonds is 6. The van der Waals surface area contributed by atoms with Crippen molar-refractivity contribution in [1.29, 1.82) is 0 Å². The van der Waals surface area contributed by atoms with E-state index in [0.717, 1.165) is 31.5 Å². The molecule has 2 atom stereocenters. The summed E-state index contributed by atoms with van der Waals surface area (Å²) < 4.78 is 0. The number of hydrogen-bond donors (Lipinski definition) is 1. The van der Waals surface area contributed by atoms with Crippen LogP contribution in [0, 0.1) is 11.8 Å². The van der Waals surface area contributed by atoms with Crippen molar-refractivity contribution in [2.24, 2.45) is 17.6 Å². The Kier molecular flexibility index (Phi) is 5.65. The first-order valence-electron chi connectivity index (χ1n) is 8.09. The highest BCUT2D eigenvalue weighted by atomic mass is 32.1. The fraction of sp³-hybridized carbons (Fsp3) is 0.765. The van der Waals surface area contributed by atoms with Gasteiger partial charge in [-0.25, -0.2) is 0 Å². The van der Waals surface area contributed by atoms with Gasteiger partial charge in [-0.2, -0.15) is 0 Å². The quantitative estimate of drug-likeness (QED) is 0.855. The van der Waals surface area contributed by atoms with Crippen molar-refractivity contribution < 1.29 is 0 Å². The molecule has 20 heavy (non-hydrogen) atoms. The molecule has 0 spiro atoms. The molecule has 1 aliphatic carbocycles. The fourth-order valence-electron chi connectivity index (χ4n) is 3.76. The maximum atomic E-state index is 6.27. The van der Waals surface area contributed by atoms with E-state index >= 15 is 0 Å². The second kappa shape index (κ2) is 7.06. The lowest BCUT2D eigenvalue weighted by atomic mass is 9.71. The summed E-state index contributed by atoms with van der Waals surface area (Å²) in [5.41, 5.74) is 6.50. The first-order valence-corrected chi connectivity index (χ1v) is 8.96. The van der Waals surface area contributed by atoms with Gasteiger partial charge in [-0.05, 0) is 42.7 Å². The largest absolute Gasteiger partial charge is 0.329 e. The average Bonchev–Trinajstić information content (AvgIpc) is 2.97. The molecule has 3 heteroatoms. The number of nitrogens with two attached hydrogens (primary N) is 1. The summed E-state index contributed by atoms with van der Waals surface area (Å²) in [4.78, 5) is 4.11. The molecule has 1 fully saturated rings. The van der Waals surface area contributed by atoms with Crippen LogP contribution in [0.4, 0.5) is 0 Å². The summed E-state index contributed by atoms with van der Waals surface area (Å²) in [7, 11) is 0. The van der Waals surface area contributed by atoms with Crippen LogP contribution < -0.4 is 5.73 Å². The van der Waals surface area contributed by atoms with E-state index in [1.54, 1.807) is 0 Å². The van der Waals surface area contributed by atoms with E-state index in [9.17, 15) is 0 Å². The second-order valence-corrected chi connectivity index (χ2v) is 7.65. The maximum Gasteiger partial charge on any atom is 0.0338 e. The molecule has 2 rings (SSSR count). The highest BCUT2D eigenvalue weighted by Gasteiger charge is 2.40. The van der Waals surface area contributed by atoms with E-state index in [-0.39, 0.29) is 5.54 Å². The Morgan fingerprint density at radius 1 is 1.50 bits per heavy atom. The van der Waals surface area contributed by atoms with Crippen LogP contribution in [0.2, 0.25) is 0 Å². The molecule has 0 saturated heterocycles. The Balaban J connectivity index is 2.14. The van der Waals surface area contributed by atoms with Crippen molar-refractivity contribution >= 4 is 11.3 Å². The van der Waals surface area contributed by atoms with E-state index < -0.39 is 0 Å². The third-order valence-corrected chi connectivity index (χ3v) is 6.02. The molecular formula is C17H30N2S. The molecule has 2 nitrogen and oxygen atoms in total. The van der Waals surface area contributed by atoms with Gasteiger partial charge in [0.2, 0.25) is 0 Å². The molecule has 0 amide bonds. The summed E-state index contributed by atoms with van der Waals surface area (Å²) in [6, 6.07) is 4.40. The number of hydrogen-bond acceptors (Lipinski definition) is 3. The highest BCUT2D eigenvalue weighted by molar-refractivity contribution is 7.09. The summed E-state index contributed by atoms with van der Waals surface area (Å²) in [6.45, 7) is 9.98. The van der Waals surface area contributed by atoms with E-state index in [2.05, 4.69) is 43.2 Å². The molecule has 0 aliphatic heterocycles. The number of nitrogens with zero attached hydrogens (tertiary/aromatic N) is 1. The van der Waals surface area contributed by atoms with Gasteiger partial charge in [-0.3, -0.25) is 4.90 Å². The van der Waals surface area contributed by atoms with Crippen LogP contribution in [0.3, 0.4) is 0 Å². The van der Waals surface area contributed by atoms with Crippen LogP contribution in [-0.4, -0.2) is 23.5 Å². The van der Waals surface area contributed by atoms with Crippen LogP contribution in [0.1, 0.15) is 51.3 Å². The van der Waals surface area contributed by atoms with E-state index in [1.165, 1.54) is 30.6 Å². The normalized spacial score (nSPS) is 27.4. The molecule has 2 N–H and O–H groups in total. The lowest BCUT2D eigenvalue weighted by Gasteiger charge is -2.49. The third kappa shape index (κ3) is 3.44. The first-order chi connectivity index (χ1) is 9.61. The number of thiophene rings is 1. The van der Waals surface area contributed by atoms with Crippen molar-refractivity contribution in [3.05, 3.63) is 22.4 Å².